The van der Waals surface area contributed by atoms with Gasteiger partial charge in [-0.3, -0.25) is 4.79 Å². The first-order valence-electron chi connectivity index (χ1n) is 4.22. The Bertz CT molecular complexity index is 361. The van der Waals surface area contributed by atoms with Gasteiger partial charge in [-0.1, -0.05) is 0 Å². The number of ether oxygens (including phenoxy) is 1. The van der Waals surface area contributed by atoms with Crippen molar-refractivity contribution in [2.45, 2.75) is 13.8 Å². The molecule has 0 unspecified atom stereocenters. The highest BCUT2D eigenvalue weighted by Crippen LogP contribution is 2.27. The summed E-state index contributed by atoms with van der Waals surface area (Å²) in [6.45, 7) is 3.41. The van der Waals surface area contributed by atoms with Crippen LogP contribution in [0, 0.1) is 5.82 Å². The molecule has 0 saturated heterocycles. The van der Waals surface area contributed by atoms with E-state index in [0.29, 0.717) is 6.61 Å². The third kappa shape index (κ3) is 2.02. The summed E-state index contributed by atoms with van der Waals surface area (Å²) in [6, 6.07) is 2.08. The molecular weight excluding hydrogens is 187 g/mol. The molecule has 1 rings (SSSR count). The van der Waals surface area contributed by atoms with Crippen molar-refractivity contribution >= 4 is 5.78 Å². The highest BCUT2D eigenvalue weighted by atomic mass is 19.1. The smallest absolute Gasteiger partial charge is 0.165 e. The fourth-order valence-electron chi connectivity index (χ4n) is 1.09. The van der Waals surface area contributed by atoms with Gasteiger partial charge in [0.25, 0.3) is 0 Å². The number of phenols is 1. The third-order valence-electron chi connectivity index (χ3n) is 1.73. The molecule has 0 atom stereocenters. The molecule has 0 aliphatic rings. The van der Waals surface area contributed by atoms with Gasteiger partial charge in [-0.05, 0) is 19.9 Å². The lowest BCUT2D eigenvalue weighted by molar-refractivity contribution is 0.101. The van der Waals surface area contributed by atoms with Gasteiger partial charge in [-0.25, -0.2) is 4.39 Å². The highest BCUT2D eigenvalue weighted by molar-refractivity contribution is 5.97. The number of carbonyl (C=O) groups is 1. The highest BCUT2D eigenvalue weighted by Gasteiger charge is 2.13. The van der Waals surface area contributed by atoms with Gasteiger partial charge < -0.3 is 9.84 Å². The van der Waals surface area contributed by atoms with Crippen molar-refractivity contribution in [1.29, 1.82) is 0 Å². The second-order valence-corrected chi connectivity index (χ2v) is 2.79. The summed E-state index contributed by atoms with van der Waals surface area (Å²) in [4.78, 5) is 11.1. The minimum atomic E-state index is -0.821. The molecule has 1 aromatic carbocycles. The summed E-state index contributed by atoms with van der Waals surface area (Å²) in [5, 5.41) is 9.07. The number of aromatic hydroxyl groups is 1. The number of halogens is 1. The Kier molecular flexibility index (Phi) is 3.06. The molecule has 0 saturated carbocycles. The Labute approximate surface area is 81.1 Å². The Balaban J connectivity index is 3.24. The Morgan fingerprint density at radius 2 is 2.21 bits per heavy atom. The summed E-state index contributed by atoms with van der Waals surface area (Å²) in [5.74, 6) is -1.43. The number of carbonyl (C=O) groups excluding carboxylic acids is 1. The number of rotatable bonds is 3. The van der Waals surface area contributed by atoms with Crippen LogP contribution in [0.5, 0.6) is 11.5 Å². The van der Waals surface area contributed by atoms with E-state index in [9.17, 15) is 9.18 Å². The molecule has 0 heterocycles. The van der Waals surface area contributed by atoms with Gasteiger partial charge in [0.15, 0.2) is 17.3 Å². The zero-order valence-electron chi connectivity index (χ0n) is 8.00. The molecule has 0 aliphatic heterocycles. The van der Waals surface area contributed by atoms with Crippen molar-refractivity contribution in [3.05, 3.63) is 23.5 Å². The van der Waals surface area contributed by atoms with Crippen LogP contribution in [-0.2, 0) is 0 Å². The van der Waals surface area contributed by atoms with Gasteiger partial charge in [0, 0.05) is 6.07 Å². The topological polar surface area (TPSA) is 46.5 Å². The summed E-state index contributed by atoms with van der Waals surface area (Å²) in [7, 11) is 0. The maximum Gasteiger partial charge on any atom is 0.165 e. The van der Waals surface area contributed by atoms with Crippen LogP contribution in [0.15, 0.2) is 12.1 Å². The second-order valence-electron chi connectivity index (χ2n) is 2.79. The molecule has 4 heteroatoms. The monoisotopic (exact) mass is 198 g/mol. The van der Waals surface area contributed by atoms with Gasteiger partial charge in [-0.15, -0.1) is 0 Å². The zero-order valence-corrected chi connectivity index (χ0v) is 8.00. The van der Waals surface area contributed by atoms with Crippen LogP contribution < -0.4 is 4.74 Å². The fourth-order valence-corrected chi connectivity index (χ4v) is 1.09. The van der Waals surface area contributed by atoms with Crippen molar-refractivity contribution in [2.75, 3.05) is 6.61 Å². The lowest BCUT2D eigenvalue weighted by Gasteiger charge is -2.08. The molecule has 0 aliphatic carbocycles. The van der Waals surface area contributed by atoms with Crippen LogP contribution in [0.4, 0.5) is 4.39 Å². The molecule has 14 heavy (non-hydrogen) atoms. The molecule has 0 fully saturated rings. The predicted octanol–water partition coefficient (Wildman–Crippen LogP) is 2.13. The standard InChI is InChI=1S/C10H11FO3/c1-3-14-10-5-9(13)8(11)4-7(10)6(2)12/h4-5,13H,3H2,1-2H3. The van der Waals surface area contributed by atoms with Crippen LogP contribution in [0.1, 0.15) is 24.2 Å². The largest absolute Gasteiger partial charge is 0.505 e. The minimum Gasteiger partial charge on any atom is -0.505 e. The maximum absolute atomic E-state index is 12.9. The van der Waals surface area contributed by atoms with Gasteiger partial charge in [0.2, 0.25) is 0 Å². The van der Waals surface area contributed by atoms with E-state index in [0.717, 1.165) is 12.1 Å². The molecule has 76 valence electrons. The van der Waals surface area contributed by atoms with Crippen LogP contribution in [0.25, 0.3) is 0 Å². The van der Waals surface area contributed by atoms with E-state index in [2.05, 4.69) is 0 Å². The van der Waals surface area contributed by atoms with Crippen molar-refractivity contribution in [1.82, 2.24) is 0 Å². The van der Waals surface area contributed by atoms with E-state index in [-0.39, 0.29) is 17.1 Å². The van der Waals surface area contributed by atoms with E-state index in [4.69, 9.17) is 9.84 Å². The van der Waals surface area contributed by atoms with Gasteiger partial charge >= 0.3 is 0 Å². The van der Waals surface area contributed by atoms with Gasteiger partial charge in [0.05, 0.1) is 12.2 Å². The number of hydrogen-bond acceptors (Lipinski definition) is 3. The normalized spacial score (nSPS) is 9.93. The first-order chi connectivity index (χ1) is 6.56. The number of Topliss-reactive ketones (excluding diaryl/α,β-unsaturated/α-hetero) is 1. The maximum atomic E-state index is 12.9. The molecule has 0 bridgehead atoms. The molecule has 0 radical (unpaired) electrons. The summed E-state index contributed by atoms with van der Waals surface area (Å²) in [6.07, 6.45) is 0. The molecule has 1 N–H and O–H groups in total. The molecular formula is C10H11FO3. The quantitative estimate of drug-likeness (QED) is 0.757. The van der Waals surface area contributed by atoms with Crippen molar-refractivity contribution in [3.8, 4) is 11.5 Å². The first kappa shape index (κ1) is 10.5. The number of ketones is 1. The number of benzene rings is 1. The van der Waals surface area contributed by atoms with E-state index in [1.807, 2.05) is 0 Å². The Hall–Kier alpha value is -1.58. The van der Waals surface area contributed by atoms with Crippen LogP contribution in [-0.4, -0.2) is 17.5 Å². The molecule has 0 amide bonds. The van der Waals surface area contributed by atoms with E-state index >= 15 is 0 Å². The second kappa shape index (κ2) is 4.09. The zero-order chi connectivity index (χ0) is 10.7. The molecule has 1 aromatic rings. The number of phenolic OH excluding ortho intramolecular Hbond substituents is 1. The van der Waals surface area contributed by atoms with E-state index < -0.39 is 11.6 Å². The minimum absolute atomic E-state index is 0.141. The van der Waals surface area contributed by atoms with E-state index in [1.54, 1.807) is 6.92 Å². The van der Waals surface area contributed by atoms with Crippen LogP contribution in [0.2, 0.25) is 0 Å². The lowest BCUT2D eigenvalue weighted by atomic mass is 10.1. The molecule has 0 aromatic heterocycles. The first-order valence-corrected chi connectivity index (χ1v) is 4.22. The Morgan fingerprint density at radius 1 is 1.57 bits per heavy atom. The van der Waals surface area contributed by atoms with Crippen LogP contribution in [0.3, 0.4) is 0 Å². The Morgan fingerprint density at radius 3 is 2.71 bits per heavy atom. The number of hydrogen-bond donors (Lipinski definition) is 1. The lowest BCUT2D eigenvalue weighted by Crippen LogP contribution is -2.01. The van der Waals surface area contributed by atoms with Crippen molar-refractivity contribution < 1.29 is 19.0 Å². The van der Waals surface area contributed by atoms with Crippen molar-refractivity contribution in [3.63, 3.8) is 0 Å². The van der Waals surface area contributed by atoms with Crippen LogP contribution >= 0.6 is 0 Å². The average Bonchev–Trinajstić information content (AvgIpc) is 2.11. The summed E-state index contributed by atoms with van der Waals surface area (Å²) < 4.78 is 18.0. The third-order valence-corrected chi connectivity index (χ3v) is 1.73. The van der Waals surface area contributed by atoms with Gasteiger partial charge in [0.1, 0.15) is 5.75 Å². The SMILES string of the molecule is CCOc1cc(O)c(F)cc1C(C)=O. The molecule has 0 spiro atoms. The predicted molar refractivity (Wildman–Crippen MR) is 49.2 cm³/mol. The van der Waals surface area contributed by atoms with Gasteiger partial charge in [-0.2, -0.15) is 0 Å². The average molecular weight is 198 g/mol. The van der Waals surface area contributed by atoms with E-state index in [1.165, 1.54) is 6.92 Å². The fraction of sp³-hybridized carbons (Fsp3) is 0.300. The summed E-state index contributed by atoms with van der Waals surface area (Å²) >= 11 is 0. The molecule has 3 nitrogen and oxygen atoms in total. The summed E-state index contributed by atoms with van der Waals surface area (Å²) in [5.41, 5.74) is 0.141. The van der Waals surface area contributed by atoms with Crippen molar-refractivity contribution in [2.24, 2.45) is 0 Å².